The van der Waals surface area contributed by atoms with Crippen molar-refractivity contribution in [3.05, 3.63) is 113 Å². The third-order valence-electron chi connectivity index (χ3n) is 6.46. The van der Waals surface area contributed by atoms with Gasteiger partial charge in [0.25, 0.3) is 11.8 Å². The normalized spacial score (nSPS) is 11.0. The van der Waals surface area contributed by atoms with Gasteiger partial charge in [0, 0.05) is 43.5 Å². The number of aromatic nitrogens is 4. The fourth-order valence-corrected chi connectivity index (χ4v) is 4.47. The van der Waals surface area contributed by atoms with Gasteiger partial charge < -0.3 is 10.6 Å². The highest BCUT2D eigenvalue weighted by Crippen LogP contribution is 2.20. The molecule has 0 aliphatic heterocycles. The van der Waals surface area contributed by atoms with Gasteiger partial charge in [-0.2, -0.15) is 5.10 Å². The van der Waals surface area contributed by atoms with Crippen molar-refractivity contribution in [3.63, 3.8) is 0 Å². The van der Waals surface area contributed by atoms with E-state index >= 15 is 0 Å². The van der Waals surface area contributed by atoms with Gasteiger partial charge >= 0.3 is 0 Å². The molecular weight excluding hydrogens is 476 g/mol. The van der Waals surface area contributed by atoms with Gasteiger partial charge in [0.2, 0.25) is 0 Å². The van der Waals surface area contributed by atoms with Gasteiger partial charge in [-0.25, -0.2) is 4.98 Å². The van der Waals surface area contributed by atoms with Crippen LogP contribution in [-0.2, 0) is 19.5 Å². The Balaban J connectivity index is 1.26. The molecule has 192 valence electrons. The lowest BCUT2D eigenvalue weighted by atomic mass is 10.1. The Kier molecular flexibility index (Phi) is 7.31. The Morgan fingerprint density at radius 1 is 0.895 bits per heavy atom. The van der Waals surface area contributed by atoms with Crippen LogP contribution >= 0.6 is 0 Å². The summed E-state index contributed by atoms with van der Waals surface area (Å²) < 4.78 is 3.91. The number of imidazole rings is 1. The van der Waals surface area contributed by atoms with Gasteiger partial charge in [-0.1, -0.05) is 49.4 Å². The molecule has 0 fully saturated rings. The molecule has 0 saturated carbocycles. The predicted molar refractivity (Wildman–Crippen MR) is 147 cm³/mol. The first kappa shape index (κ1) is 25.0. The second-order valence-corrected chi connectivity index (χ2v) is 9.15. The minimum absolute atomic E-state index is 0.141. The molecule has 2 amide bonds. The molecule has 5 rings (SSSR count). The Bertz CT molecular complexity index is 1570. The first-order valence-corrected chi connectivity index (χ1v) is 12.7. The summed E-state index contributed by atoms with van der Waals surface area (Å²) in [5.74, 6) is -0.330. The molecule has 2 N–H and O–H groups in total. The standard InChI is InChI=1S/C30H30N6O2/c1-3-15-36-25(16-21-7-5-4-6-8-21)18-27(34-36)30(38)32-19-22-9-12-24(13-10-22)35-20-33-26-17-23(29(37)31-2)11-14-28(26)35/h4-14,17-18,20H,3,15-16,19H2,1-2H3,(H,31,37)(H,32,38). The molecule has 0 saturated heterocycles. The van der Waals surface area contributed by atoms with Crippen molar-refractivity contribution in [3.8, 4) is 5.69 Å². The topological polar surface area (TPSA) is 93.8 Å². The predicted octanol–water partition coefficient (Wildman–Crippen LogP) is 4.51. The van der Waals surface area contributed by atoms with Gasteiger partial charge in [0.05, 0.1) is 11.0 Å². The fraction of sp³-hybridized carbons (Fsp3) is 0.200. The van der Waals surface area contributed by atoms with Crippen LogP contribution in [0.1, 0.15) is 51.0 Å². The number of benzene rings is 3. The molecule has 5 aromatic rings. The number of hydrogen-bond acceptors (Lipinski definition) is 4. The van der Waals surface area contributed by atoms with Crippen LogP contribution in [0, 0.1) is 0 Å². The highest BCUT2D eigenvalue weighted by atomic mass is 16.2. The van der Waals surface area contributed by atoms with E-state index in [-0.39, 0.29) is 11.8 Å². The van der Waals surface area contributed by atoms with E-state index in [9.17, 15) is 9.59 Å². The van der Waals surface area contributed by atoms with E-state index in [2.05, 4.69) is 39.8 Å². The molecule has 8 nitrogen and oxygen atoms in total. The summed E-state index contributed by atoms with van der Waals surface area (Å²) >= 11 is 0. The lowest BCUT2D eigenvalue weighted by Crippen LogP contribution is -2.23. The summed E-state index contributed by atoms with van der Waals surface area (Å²) in [6.45, 7) is 3.27. The SMILES string of the molecule is CCCn1nc(C(=O)NCc2ccc(-n3cnc4cc(C(=O)NC)ccc43)cc2)cc1Cc1ccccc1. The van der Waals surface area contributed by atoms with E-state index in [0.29, 0.717) is 17.8 Å². The maximum atomic E-state index is 12.9. The van der Waals surface area contributed by atoms with Crippen LogP contribution in [0.25, 0.3) is 16.7 Å². The number of nitrogens with one attached hydrogen (secondary N) is 2. The average Bonchev–Trinajstić information content (AvgIpc) is 3.56. The van der Waals surface area contributed by atoms with Crippen molar-refractivity contribution in [2.75, 3.05) is 7.05 Å². The summed E-state index contributed by atoms with van der Waals surface area (Å²) in [6.07, 6.45) is 3.42. The summed E-state index contributed by atoms with van der Waals surface area (Å²) in [5.41, 5.74) is 6.80. The first-order chi connectivity index (χ1) is 18.6. The Labute approximate surface area is 221 Å². The quantitative estimate of drug-likeness (QED) is 0.308. The Morgan fingerprint density at radius 3 is 2.42 bits per heavy atom. The van der Waals surface area contributed by atoms with Crippen LogP contribution in [0.15, 0.2) is 85.2 Å². The number of carbonyl (C=O) groups is 2. The summed E-state index contributed by atoms with van der Waals surface area (Å²) in [6, 6.07) is 25.5. The molecule has 0 unspecified atom stereocenters. The van der Waals surface area contributed by atoms with Crippen molar-refractivity contribution in [1.82, 2.24) is 30.0 Å². The highest BCUT2D eigenvalue weighted by molar-refractivity contribution is 5.97. The molecule has 3 aromatic carbocycles. The van der Waals surface area contributed by atoms with Crippen LogP contribution in [0.2, 0.25) is 0 Å². The van der Waals surface area contributed by atoms with Crippen molar-refractivity contribution < 1.29 is 9.59 Å². The van der Waals surface area contributed by atoms with E-state index < -0.39 is 0 Å². The molecule has 0 aliphatic carbocycles. The number of fused-ring (bicyclic) bond motifs is 1. The van der Waals surface area contributed by atoms with Crippen molar-refractivity contribution >= 4 is 22.8 Å². The molecular formula is C30H30N6O2. The molecule has 38 heavy (non-hydrogen) atoms. The van der Waals surface area contributed by atoms with Gasteiger partial charge in [0.1, 0.15) is 12.0 Å². The zero-order valence-corrected chi connectivity index (χ0v) is 21.5. The third kappa shape index (κ3) is 5.34. The number of aryl methyl sites for hydroxylation is 1. The van der Waals surface area contributed by atoms with E-state index in [1.807, 2.05) is 63.8 Å². The van der Waals surface area contributed by atoms with Crippen LogP contribution < -0.4 is 10.6 Å². The van der Waals surface area contributed by atoms with E-state index in [1.165, 1.54) is 5.56 Å². The molecule has 8 heteroatoms. The Hall–Kier alpha value is -4.72. The van der Waals surface area contributed by atoms with Gasteiger partial charge in [-0.05, 0) is 53.9 Å². The smallest absolute Gasteiger partial charge is 0.272 e. The summed E-state index contributed by atoms with van der Waals surface area (Å²) in [4.78, 5) is 29.3. The third-order valence-corrected chi connectivity index (χ3v) is 6.46. The molecule has 2 heterocycles. The van der Waals surface area contributed by atoms with Crippen molar-refractivity contribution in [1.29, 1.82) is 0 Å². The van der Waals surface area contributed by atoms with E-state index in [4.69, 9.17) is 0 Å². The largest absolute Gasteiger partial charge is 0.355 e. The van der Waals surface area contributed by atoms with Crippen LogP contribution in [0.5, 0.6) is 0 Å². The lowest BCUT2D eigenvalue weighted by Gasteiger charge is -2.08. The van der Waals surface area contributed by atoms with E-state index in [1.54, 1.807) is 25.5 Å². The van der Waals surface area contributed by atoms with E-state index in [0.717, 1.165) is 47.4 Å². The second kappa shape index (κ2) is 11.1. The minimum atomic E-state index is -0.189. The molecule has 2 aromatic heterocycles. The minimum Gasteiger partial charge on any atom is -0.355 e. The molecule has 0 atom stereocenters. The maximum absolute atomic E-state index is 12.9. The lowest BCUT2D eigenvalue weighted by molar-refractivity contribution is 0.0942. The van der Waals surface area contributed by atoms with Gasteiger partial charge in [0.15, 0.2) is 0 Å². The molecule has 0 radical (unpaired) electrons. The second-order valence-electron chi connectivity index (χ2n) is 9.15. The first-order valence-electron chi connectivity index (χ1n) is 12.7. The summed E-state index contributed by atoms with van der Waals surface area (Å²) in [5, 5.41) is 10.2. The molecule has 0 spiro atoms. The zero-order chi connectivity index (χ0) is 26.5. The monoisotopic (exact) mass is 506 g/mol. The van der Waals surface area contributed by atoms with Crippen LogP contribution in [0.3, 0.4) is 0 Å². The summed E-state index contributed by atoms with van der Waals surface area (Å²) in [7, 11) is 1.61. The van der Waals surface area contributed by atoms with Crippen LogP contribution in [0.4, 0.5) is 0 Å². The van der Waals surface area contributed by atoms with Gasteiger partial charge in [-0.15, -0.1) is 0 Å². The highest BCUT2D eigenvalue weighted by Gasteiger charge is 2.15. The fourth-order valence-electron chi connectivity index (χ4n) is 4.47. The number of hydrogen-bond donors (Lipinski definition) is 2. The average molecular weight is 507 g/mol. The van der Waals surface area contributed by atoms with Gasteiger partial charge in [-0.3, -0.25) is 18.8 Å². The van der Waals surface area contributed by atoms with Crippen molar-refractivity contribution in [2.45, 2.75) is 32.9 Å². The Morgan fingerprint density at radius 2 is 1.68 bits per heavy atom. The molecule has 0 bridgehead atoms. The maximum Gasteiger partial charge on any atom is 0.272 e. The number of nitrogens with zero attached hydrogens (tertiary/aromatic N) is 4. The molecule has 0 aliphatic rings. The zero-order valence-electron chi connectivity index (χ0n) is 21.5. The number of rotatable bonds is 9. The van der Waals surface area contributed by atoms with Crippen molar-refractivity contribution in [2.24, 2.45) is 0 Å². The number of amides is 2. The van der Waals surface area contributed by atoms with Crippen LogP contribution in [-0.4, -0.2) is 38.2 Å². The number of carbonyl (C=O) groups excluding carboxylic acids is 2.